The van der Waals surface area contributed by atoms with Gasteiger partial charge in [0.15, 0.2) is 0 Å². The molecule has 2 saturated carbocycles. The number of ketones is 1. The Morgan fingerprint density at radius 1 is 1.08 bits per heavy atom. The number of aliphatic carboxylic acids is 1. The summed E-state index contributed by atoms with van der Waals surface area (Å²) in [5.74, 6) is -0.224. The molecule has 0 aromatic heterocycles. The zero-order chi connectivity index (χ0) is 28.3. The monoisotopic (exact) mass is 536 g/mol. The maximum atomic E-state index is 15.1. The number of benzene rings is 2. The standard InChI is InChI=1S/C34H45FO4/c1-6-34(4,5)20-21(2)30(36)18-23-13-15-26(17-23)39-31-16-14-25(22(3)33(37)38)19-28(31)27-11-8-12-29(35)32(27)24-9-7-10-24/h8,11-12,14,16,19,21-24,26H,6-7,9-10,13,15,17-18,20H2,1-5H3,(H,37,38)/t21-,22+,23+,26+/m0/s1. The number of hydrogen-bond acceptors (Lipinski definition) is 3. The molecule has 0 aliphatic heterocycles. The molecule has 0 unspecified atom stereocenters. The highest BCUT2D eigenvalue weighted by Crippen LogP contribution is 2.46. The molecule has 2 aliphatic rings. The lowest BCUT2D eigenvalue weighted by atomic mass is 9.76. The third-order valence-electron chi connectivity index (χ3n) is 9.37. The van der Waals surface area contributed by atoms with Crippen molar-refractivity contribution in [3.8, 4) is 16.9 Å². The Kier molecular flexibility index (Phi) is 9.18. The lowest BCUT2D eigenvalue weighted by molar-refractivity contribution is -0.138. The number of halogens is 1. The van der Waals surface area contributed by atoms with Crippen molar-refractivity contribution in [3.05, 3.63) is 53.3 Å². The van der Waals surface area contributed by atoms with E-state index < -0.39 is 11.9 Å². The Labute approximate surface area is 233 Å². The molecule has 0 radical (unpaired) electrons. The molecular formula is C34H45FO4. The molecule has 0 amide bonds. The first-order valence-corrected chi connectivity index (χ1v) is 14.8. The Hall–Kier alpha value is -2.69. The highest BCUT2D eigenvalue weighted by atomic mass is 19.1. The van der Waals surface area contributed by atoms with Crippen LogP contribution in [-0.2, 0) is 9.59 Å². The van der Waals surface area contributed by atoms with Crippen LogP contribution in [0, 0.1) is 23.1 Å². The van der Waals surface area contributed by atoms with E-state index in [-0.39, 0.29) is 29.2 Å². The summed E-state index contributed by atoms with van der Waals surface area (Å²) in [4.78, 5) is 24.7. The topological polar surface area (TPSA) is 63.6 Å². The second-order valence-corrected chi connectivity index (χ2v) is 12.9. The quantitative estimate of drug-likeness (QED) is 0.294. The van der Waals surface area contributed by atoms with Crippen LogP contribution in [0.1, 0.15) is 115 Å². The Morgan fingerprint density at radius 3 is 2.46 bits per heavy atom. The first kappa shape index (κ1) is 29.3. The maximum absolute atomic E-state index is 15.1. The minimum Gasteiger partial charge on any atom is -0.490 e. The van der Waals surface area contributed by atoms with E-state index in [2.05, 4.69) is 27.7 Å². The number of ether oxygens (including phenoxy) is 1. The van der Waals surface area contributed by atoms with E-state index in [0.717, 1.165) is 62.5 Å². The molecule has 2 aromatic carbocycles. The van der Waals surface area contributed by atoms with E-state index >= 15 is 4.39 Å². The molecule has 0 heterocycles. The lowest BCUT2D eigenvalue weighted by Crippen LogP contribution is -2.22. The highest BCUT2D eigenvalue weighted by molar-refractivity contribution is 5.81. The van der Waals surface area contributed by atoms with Gasteiger partial charge in [0, 0.05) is 17.9 Å². The first-order valence-electron chi connectivity index (χ1n) is 14.8. The molecule has 2 fully saturated rings. The van der Waals surface area contributed by atoms with Crippen LogP contribution in [0.5, 0.6) is 5.75 Å². The number of carbonyl (C=O) groups is 2. The van der Waals surface area contributed by atoms with Crippen molar-refractivity contribution in [2.45, 2.75) is 110 Å². The molecule has 2 aliphatic carbocycles. The lowest BCUT2D eigenvalue weighted by Gasteiger charge is -2.29. The summed E-state index contributed by atoms with van der Waals surface area (Å²) in [5.41, 5.74) is 3.12. The summed E-state index contributed by atoms with van der Waals surface area (Å²) < 4.78 is 21.7. The van der Waals surface area contributed by atoms with Gasteiger partial charge in [0.25, 0.3) is 0 Å². The van der Waals surface area contributed by atoms with Gasteiger partial charge in [-0.05, 0) is 97.6 Å². The fourth-order valence-corrected chi connectivity index (χ4v) is 6.23. The molecule has 1 N–H and O–H groups in total. The molecular weight excluding hydrogens is 491 g/mol. The van der Waals surface area contributed by atoms with Crippen LogP contribution in [-0.4, -0.2) is 23.0 Å². The van der Waals surface area contributed by atoms with Crippen LogP contribution >= 0.6 is 0 Å². The van der Waals surface area contributed by atoms with Crippen LogP contribution in [0.15, 0.2) is 36.4 Å². The first-order chi connectivity index (χ1) is 18.5. The van der Waals surface area contributed by atoms with Crippen molar-refractivity contribution in [1.82, 2.24) is 0 Å². The van der Waals surface area contributed by atoms with Crippen molar-refractivity contribution in [2.75, 3.05) is 0 Å². The minimum atomic E-state index is -0.895. The zero-order valence-corrected chi connectivity index (χ0v) is 24.3. The number of rotatable bonds is 12. The highest BCUT2D eigenvalue weighted by Gasteiger charge is 2.32. The maximum Gasteiger partial charge on any atom is 0.310 e. The van der Waals surface area contributed by atoms with Crippen LogP contribution in [0.4, 0.5) is 4.39 Å². The van der Waals surface area contributed by atoms with Gasteiger partial charge in [0.2, 0.25) is 0 Å². The second kappa shape index (κ2) is 12.2. The van der Waals surface area contributed by atoms with Crippen molar-refractivity contribution in [2.24, 2.45) is 17.3 Å². The Morgan fingerprint density at radius 2 is 1.82 bits per heavy atom. The fourth-order valence-electron chi connectivity index (χ4n) is 6.23. The summed E-state index contributed by atoms with van der Waals surface area (Å²) in [6, 6.07) is 10.7. The van der Waals surface area contributed by atoms with Gasteiger partial charge in [-0.1, -0.05) is 58.7 Å². The van der Waals surface area contributed by atoms with Crippen molar-refractivity contribution in [3.63, 3.8) is 0 Å². The summed E-state index contributed by atoms with van der Waals surface area (Å²) >= 11 is 0. The van der Waals surface area contributed by atoms with Gasteiger partial charge in [-0.2, -0.15) is 0 Å². The van der Waals surface area contributed by atoms with E-state index in [1.165, 1.54) is 6.07 Å². The fraction of sp³-hybridized carbons (Fsp3) is 0.588. The smallest absolute Gasteiger partial charge is 0.310 e. The third-order valence-corrected chi connectivity index (χ3v) is 9.37. The number of carboxylic acids is 1. The average Bonchev–Trinajstić information content (AvgIpc) is 3.30. The molecule has 212 valence electrons. The van der Waals surface area contributed by atoms with Gasteiger partial charge in [-0.25, -0.2) is 4.39 Å². The second-order valence-electron chi connectivity index (χ2n) is 12.9. The van der Waals surface area contributed by atoms with Crippen LogP contribution in [0.2, 0.25) is 0 Å². The van der Waals surface area contributed by atoms with Crippen molar-refractivity contribution >= 4 is 11.8 Å². The molecule has 0 spiro atoms. The van der Waals surface area contributed by atoms with Gasteiger partial charge in [0.05, 0.1) is 12.0 Å². The number of Topliss-reactive ketones (excluding diaryl/α,β-unsaturated/α-hetero) is 1. The molecule has 0 saturated heterocycles. The van der Waals surface area contributed by atoms with Gasteiger partial charge in [-0.15, -0.1) is 0 Å². The van der Waals surface area contributed by atoms with E-state index in [0.29, 0.717) is 35.0 Å². The van der Waals surface area contributed by atoms with Gasteiger partial charge in [-0.3, -0.25) is 9.59 Å². The summed E-state index contributed by atoms with van der Waals surface area (Å²) in [7, 11) is 0. The van der Waals surface area contributed by atoms with E-state index in [4.69, 9.17) is 4.74 Å². The SMILES string of the molecule is CCC(C)(C)C[C@H](C)C(=O)C[C@@H]1CC[C@@H](Oc2ccc([C@@H](C)C(=O)O)cc2-c2cccc(F)c2C2CCC2)C1. The Bertz CT molecular complexity index is 1180. The molecule has 2 aromatic rings. The molecule has 4 nitrogen and oxygen atoms in total. The summed E-state index contributed by atoms with van der Waals surface area (Å²) in [6.45, 7) is 10.4. The van der Waals surface area contributed by atoms with Crippen molar-refractivity contribution < 1.29 is 23.8 Å². The molecule has 0 bridgehead atoms. The van der Waals surface area contributed by atoms with Gasteiger partial charge < -0.3 is 9.84 Å². The van der Waals surface area contributed by atoms with Crippen LogP contribution in [0.3, 0.4) is 0 Å². The number of carboxylic acid groups (broad SMARTS) is 1. The summed E-state index contributed by atoms with van der Waals surface area (Å²) in [6.07, 6.45) is 8.21. The normalized spacial score (nSPS) is 21.3. The minimum absolute atomic E-state index is 0.0209. The van der Waals surface area contributed by atoms with Crippen LogP contribution < -0.4 is 4.74 Å². The van der Waals surface area contributed by atoms with Crippen LogP contribution in [0.25, 0.3) is 11.1 Å². The molecule has 4 atom stereocenters. The summed E-state index contributed by atoms with van der Waals surface area (Å²) in [5, 5.41) is 9.63. The molecule has 5 heteroatoms. The van der Waals surface area contributed by atoms with Crippen molar-refractivity contribution in [1.29, 1.82) is 0 Å². The average molecular weight is 537 g/mol. The predicted octanol–water partition coefficient (Wildman–Crippen LogP) is 8.92. The zero-order valence-electron chi connectivity index (χ0n) is 24.3. The molecule has 39 heavy (non-hydrogen) atoms. The molecule has 4 rings (SSSR count). The van der Waals surface area contributed by atoms with Gasteiger partial charge >= 0.3 is 5.97 Å². The van der Waals surface area contributed by atoms with E-state index in [1.54, 1.807) is 13.0 Å². The largest absolute Gasteiger partial charge is 0.490 e. The number of hydrogen-bond donors (Lipinski definition) is 1. The predicted molar refractivity (Wildman–Crippen MR) is 154 cm³/mol. The number of carbonyl (C=O) groups excluding carboxylic acids is 1. The Balaban J connectivity index is 1.54. The van der Waals surface area contributed by atoms with E-state index in [9.17, 15) is 14.7 Å². The third kappa shape index (κ3) is 6.91. The van der Waals surface area contributed by atoms with Gasteiger partial charge in [0.1, 0.15) is 17.3 Å². The van der Waals surface area contributed by atoms with E-state index in [1.807, 2.05) is 24.3 Å².